The maximum Gasteiger partial charge on any atom is 0.411 e. The first-order valence-corrected chi connectivity index (χ1v) is 6.59. The van der Waals surface area contributed by atoms with Gasteiger partial charge < -0.3 is 14.6 Å². The number of aliphatic hydroxyl groups is 1. The van der Waals surface area contributed by atoms with Crippen molar-refractivity contribution in [2.45, 2.75) is 58.3 Å². The van der Waals surface area contributed by atoms with Gasteiger partial charge in [-0.05, 0) is 34.1 Å². The molecule has 0 unspecified atom stereocenters. The summed E-state index contributed by atoms with van der Waals surface area (Å²) in [5, 5.41) is 9.64. The lowest BCUT2D eigenvalue weighted by atomic mass is 10.00. The fraction of sp³-hybridized carbons (Fsp3) is 0.846. The van der Waals surface area contributed by atoms with Crippen LogP contribution in [0, 0.1) is 0 Å². The molecule has 110 valence electrons. The van der Waals surface area contributed by atoms with Gasteiger partial charge in [0.05, 0.1) is 12.7 Å². The maximum atomic E-state index is 12.1. The highest BCUT2D eigenvalue weighted by molar-refractivity contribution is 5.81. The standard InChI is InChI=1S/C13H23NO5/c1-5-18-11(16)10-8-9(15)6-7-14(10)12(17)19-13(2,3)4/h9-10,15H,5-8H2,1-4H3/t9-,10+/m1/s1. The van der Waals surface area contributed by atoms with Crippen molar-refractivity contribution in [1.82, 2.24) is 4.90 Å². The number of carbonyl (C=O) groups excluding carboxylic acids is 2. The molecule has 0 spiro atoms. The molecule has 1 aliphatic heterocycles. The molecule has 1 heterocycles. The summed E-state index contributed by atoms with van der Waals surface area (Å²) in [6.45, 7) is 7.54. The molecular weight excluding hydrogens is 250 g/mol. The van der Waals surface area contributed by atoms with Crippen LogP contribution >= 0.6 is 0 Å². The number of hydrogen-bond acceptors (Lipinski definition) is 5. The predicted octanol–water partition coefficient (Wildman–Crippen LogP) is 1.31. The van der Waals surface area contributed by atoms with Gasteiger partial charge in [0.1, 0.15) is 11.6 Å². The summed E-state index contributed by atoms with van der Waals surface area (Å²) in [6.07, 6.45) is -0.502. The van der Waals surface area contributed by atoms with E-state index in [1.54, 1.807) is 27.7 Å². The molecule has 1 aliphatic rings. The van der Waals surface area contributed by atoms with E-state index >= 15 is 0 Å². The molecule has 6 nitrogen and oxygen atoms in total. The Bertz CT molecular complexity index is 336. The van der Waals surface area contributed by atoms with E-state index in [0.717, 1.165) is 0 Å². The second-order valence-corrected chi connectivity index (χ2v) is 5.62. The first-order valence-electron chi connectivity index (χ1n) is 6.59. The van der Waals surface area contributed by atoms with Gasteiger partial charge in [-0.2, -0.15) is 0 Å². The fourth-order valence-electron chi connectivity index (χ4n) is 1.95. The van der Waals surface area contributed by atoms with Gasteiger partial charge in [0.2, 0.25) is 0 Å². The van der Waals surface area contributed by atoms with Crippen LogP contribution in [0.2, 0.25) is 0 Å². The van der Waals surface area contributed by atoms with Gasteiger partial charge >= 0.3 is 12.1 Å². The van der Waals surface area contributed by atoms with Crippen LogP contribution in [0.25, 0.3) is 0 Å². The lowest BCUT2D eigenvalue weighted by Gasteiger charge is -2.36. The number of rotatable bonds is 2. The van der Waals surface area contributed by atoms with Crippen molar-refractivity contribution in [2.75, 3.05) is 13.2 Å². The van der Waals surface area contributed by atoms with Gasteiger partial charge in [0.25, 0.3) is 0 Å². The van der Waals surface area contributed by atoms with Gasteiger partial charge in [0, 0.05) is 13.0 Å². The molecule has 0 saturated carbocycles. The second kappa shape index (κ2) is 6.23. The van der Waals surface area contributed by atoms with Crippen LogP contribution in [-0.4, -0.2) is 53.0 Å². The largest absolute Gasteiger partial charge is 0.464 e. The zero-order valence-electron chi connectivity index (χ0n) is 12.0. The van der Waals surface area contributed by atoms with Crippen LogP contribution in [0.5, 0.6) is 0 Å². The van der Waals surface area contributed by atoms with E-state index in [0.29, 0.717) is 13.0 Å². The second-order valence-electron chi connectivity index (χ2n) is 5.62. The number of hydrogen-bond donors (Lipinski definition) is 1. The van der Waals surface area contributed by atoms with E-state index in [9.17, 15) is 14.7 Å². The highest BCUT2D eigenvalue weighted by Crippen LogP contribution is 2.21. The minimum Gasteiger partial charge on any atom is -0.464 e. The molecule has 0 bridgehead atoms. The van der Waals surface area contributed by atoms with Crippen LogP contribution in [0.3, 0.4) is 0 Å². The van der Waals surface area contributed by atoms with Crippen LogP contribution < -0.4 is 0 Å². The first-order chi connectivity index (χ1) is 8.74. The fourth-order valence-corrected chi connectivity index (χ4v) is 1.95. The minimum absolute atomic E-state index is 0.193. The number of aliphatic hydroxyl groups excluding tert-OH is 1. The number of nitrogens with zero attached hydrogens (tertiary/aromatic N) is 1. The van der Waals surface area contributed by atoms with Gasteiger partial charge in [0.15, 0.2) is 0 Å². The third-order valence-corrected chi connectivity index (χ3v) is 2.76. The first kappa shape index (κ1) is 15.8. The number of esters is 1. The Labute approximate surface area is 113 Å². The van der Waals surface area contributed by atoms with Crippen LogP contribution in [-0.2, 0) is 14.3 Å². The van der Waals surface area contributed by atoms with E-state index in [4.69, 9.17) is 9.47 Å². The predicted molar refractivity (Wildman–Crippen MR) is 68.6 cm³/mol. The molecule has 0 radical (unpaired) electrons. The molecule has 1 N–H and O–H groups in total. The van der Waals surface area contributed by atoms with Crippen molar-refractivity contribution < 1.29 is 24.2 Å². The molecule has 1 fully saturated rings. The van der Waals surface area contributed by atoms with Crippen molar-refractivity contribution in [1.29, 1.82) is 0 Å². The Balaban J connectivity index is 2.77. The lowest BCUT2D eigenvalue weighted by molar-refractivity contribution is -0.152. The van der Waals surface area contributed by atoms with Crippen molar-refractivity contribution >= 4 is 12.1 Å². The van der Waals surface area contributed by atoms with Crippen molar-refractivity contribution in [3.05, 3.63) is 0 Å². The summed E-state index contributed by atoms with van der Waals surface area (Å²) in [5.74, 6) is -0.493. The Morgan fingerprint density at radius 1 is 1.37 bits per heavy atom. The molecule has 0 aliphatic carbocycles. The third kappa shape index (κ3) is 4.70. The molecule has 0 aromatic carbocycles. The van der Waals surface area contributed by atoms with Crippen LogP contribution in [0.4, 0.5) is 4.79 Å². The summed E-state index contributed by atoms with van der Waals surface area (Å²) >= 11 is 0. The lowest BCUT2D eigenvalue weighted by Crippen LogP contribution is -2.53. The number of amides is 1. The molecule has 19 heavy (non-hydrogen) atoms. The Hall–Kier alpha value is -1.30. The van der Waals surface area contributed by atoms with Crippen molar-refractivity contribution in [3.8, 4) is 0 Å². The highest BCUT2D eigenvalue weighted by atomic mass is 16.6. The number of likely N-dealkylation sites (tertiary alicyclic amines) is 1. The summed E-state index contributed by atoms with van der Waals surface area (Å²) < 4.78 is 10.2. The molecule has 2 atom stereocenters. The third-order valence-electron chi connectivity index (χ3n) is 2.76. The Morgan fingerprint density at radius 3 is 2.53 bits per heavy atom. The average molecular weight is 273 g/mol. The molecule has 1 saturated heterocycles. The summed E-state index contributed by atoms with van der Waals surface area (Å²) in [5.41, 5.74) is -0.619. The van der Waals surface area contributed by atoms with Crippen molar-refractivity contribution in [3.63, 3.8) is 0 Å². The summed E-state index contributed by atoms with van der Waals surface area (Å²) in [7, 11) is 0. The molecule has 0 aromatic rings. The van der Waals surface area contributed by atoms with Gasteiger partial charge in [-0.15, -0.1) is 0 Å². The zero-order chi connectivity index (χ0) is 14.6. The minimum atomic E-state index is -0.765. The SMILES string of the molecule is CCOC(=O)[C@@H]1C[C@H](O)CCN1C(=O)OC(C)(C)C. The van der Waals surface area contributed by atoms with Gasteiger partial charge in [-0.3, -0.25) is 4.90 Å². The van der Waals surface area contributed by atoms with Crippen molar-refractivity contribution in [2.24, 2.45) is 0 Å². The number of piperidine rings is 1. The molecule has 1 rings (SSSR count). The number of ether oxygens (including phenoxy) is 2. The van der Waals surface area contributed by atoms with Gasteiger partial charge in [-0.25, -0.2) is 9.59 Å². The molecular formula is C13H23NO5. The highest BCUT2D eigenvalue weighted by Gasteiger charge is 2.38. The maximum absolute atomic E-state index is 12.1. The molecule has 1 amide bonds. The topological polar surface area (TPSA) is 76.1 Å². The van der Waals surface area contributed by atoms with Crippen LogP contribution in [0.1, 0.15) is 40.5 Å². The van der Waals surface area contributed by atoms with E-state index in [1.165, 1.54) is 4.90 Å². The average Bonchev–Trinajstić information content (AvgIpc) is 2.26. The van der Waals surface area contributed by atoms with E-state index in [2.05, 4.69) is 0 Å². The normalized spacial score (nSPS) is 23.9. The quantitative estimate of drug-likeness (QED) is 0.768. The number of carbonyl (C=O) groups is 2. The Morgan fingerprint density at radius 2 is 2.00 bits per heavy atom. The summed E-state index contributed by atoms with van der Waals surface area (Å²) in [4.78, 5) is 25.2. The zero-order valence-corrected chi connectivity index (χ0v) is 12.0. The molecule has 6 heteroatoms. The van der Waals surface area contributed by atoms with E-state index in [1.807, 2.05) is 0 Å². The van der Waals surface area contributed by atoms with E-state index < -0.39 is 29.8 Å². The summed E-state index contributed by atoms with van der Waals surface area (Å²) in [6, 6.07) is -0.765. The van der Waals surface area contributed by atoms with E-state index in [-0.39, 0.29) is 13.0 Å². The smallest absolute Gasteiger partial charge is 0.411 e. The monoisotopic (exact) mass is 273 g/mol. The van der Waals surface area contributed by atoms with Gasteiger partial charge in [-0.1, -0.05) is 0 Å². The van der Waals surface area contributed by atoms with Crippen LogP contribution in [0.15, 0.2) is 0 Å². The molecule has 0 aromatic heterocycles. The Kier molecular flexibility index (Phi) is 5.17.